The molecular weight excluding hydrogens is 190 g/mol. The molecule has 15 heavy (non-hydrogen) atoms. The first-order valence-corrected chi connectivity index (χ1v) is 5.39. The van der Waals surface area contributed by atoms with Gasteiger partial charge in [0.2, 0.25) is 0 Å². The largest absolute Gasteiger partial charge is 0.392 e. The number of aliphatic hydroxyl groups is 1. The molecule has 1 fully saturated rings. The lowest BCUT2D eigenvalue weighted by atomic mass is 10.1. The van der Waals surface area contributed by atoms with E-state index in [2.05, 4.69) is 5.32 Å². The molecule has 0 amide bonds. The van der Waals surface area contributed by atoms with Crippen LogP contribution in [0, 0.1) is 0 Å². The molecule has 0 aromatic heterocycles. The second kappa shape index (κ2) is 5.26. The van der Waals surface area contributed by atoms with Crippen molar-refractivity contribution in [2.24, 2.45) is 0 Å². The van der Waals surface area contributed by atoms with E-state index in [1.54, 1.807) is 0 Å². The van der Waals surface area contributed by atoms with Crippen LogP contribution in [0.4, 0.5) is 0 Å². The van der Waals surface area contributed by atoms with Gasteiger partial charge in [-0.1, -0.05) is 24.3 Å². The van der Waals surface area contributed by atoms with Gasteiger partial charge in [0.1, 0.15) is 0 Å². The summed E-state index contributed by atoms with van der Waals surface area (Å²) in [6.07, 6.45) is 1.47. The summed E-state index contributed by atoms with van der Waals surface area (Å²) in [4.78, 5) is 0. The first kappa shape index (κ1) is 10.6. The first-order valence-electron chi connectivity index (χ1n) is 5.39. The van der Waals surface area contributed by atoms with Crippen LogP contribution in [0.3, 0.4) is 0 Å². The zero-order valence-corrected chi connectivity index (χ0v) is 8.78. The van der Waals surface area contributed by atoms with E-state index in [0.29, 0.717) is 12.7 Å². The molecule has 0 spiro atoms. The predicted molar refractivity (Wildman–Crippen MR) is 58.4 cm³/mol. The Morgan fingerprint density at radius 2 is 2.00 bits per heavy atom. The lowest BCUT2D eigenvalue weighted by molar-refractivity contribution is 0.0542. The molecule has 3 heteroatoms. The van der Waals surface area contributed by atoms with Gasteiger partial charge in [0.15, 0.2) is 0 Å². The maximum absolute atomic E-state index is 8.89. The van der Waals surface area contributed by atoms with Crippen molar-refractivity contribution in [3.05, 3.63) is 35.4 Å². The third kappa shape index (κ3) is 3.02. The third-order valence-corrected chi connectivity index (χ3v) is 2.71. The topological polar surface area (TPSA) is 41.5 Å². The Morgan fingerprint density at radius 1 is 1.27 bits per heavy atom. The smallest absolute Gasteiger partial charge is 0.0721 e. The lowest BCUT2D eigenvalue weighted by Crippen LogP contribution is -2.16. The summed E-state index contributed by atoms with van der Waals surface area (Å²) in [5, 5.41) is 12.2. The minimum atomic E-state index is 0.105. The van der Waals surface area contributed by atoms with Gasteiger partial charge in [-0.2, -0.15) is 0 Å². The first-order chi connectivity index (χ1) is 7.38. The van der Waals surface area contributed by atoms with E-state index in [1.807, 2.05) is 24.3 Å². The minimum absolute atomic E-state index is 0.105. The van der Waals surface area contributed by atoms with Crippen LogP contribution in [0.25, 0.3) is 0 Å². The molecule has 0 saturated carbocycles. The second-order valence-corrected chi connectivity index (χ2v) is 3.90. The second-order valence-electron chi connectivity index (χ2n) is 3.90. The van der Waals surface area contributed by atoms with Crippen LogP contribution >= 0.6 is 0 Å². The van der Waals surface area contributed by atoms with Gasteiger partial charge in [-0.25, -0.2) is 0 Å². The standard InChI is InChI=1S/C12H17NO2/c14-8-10-1-3-11(4-2-10)9-15-12-5-6-13-7-12/h1-4,12-14H,5-9H2. The van der Waals surface area contributed by atoms with Crippen LogP contribution in [0.2, 0.25) is 0 Å². The molecule has 1 aliphatic heterocycles. The quantitative estimate of drug-likeness (QED) is 0.775. The van der Waals surface area contributed by atoms with Gasteiger partial charge in [0.05, 0.1) is 19.3 Å². The van der Waals surface area contributed by atoms with Crippen LogP contribution in [0.1, 0.15) is 17.5 Å². The van der Waals surface area contributed by atoms with Gasteiger partial charge in [0, 0.05) is 6.54 Å². The number of rotatable bonds is 4. The molecule has 1 atom stereocenters. The molecule has 1 unspecified atom stereocenters. The molecular formula is C12H17NO2. The molecule has 1 aromatic rings. The SMILES string of the molecule is OCc1ccc(COC2CCNC2)cc1. The highest BCUT2D eigenvalue weighted by Gasteiger charge is 2.14. The van der Waals surface area contributed by atoms with Crippen molar-refractivity contribution in [1.82, 2.24) is 5.32 Å². The molecule has 1 aromatic carbocycles. The van der Waals surface area contributed by atoms with E-state index >= 15 is 0 Å². The number of benzene rings is 1. The highest BCUT2D eigenvalue weighted by molar-refractivity contribution is 5.21. The Bertz CT molecular complexity index is 291. The molecule has 2 N–H and O–H groups in total. The molecule has 1 aliphatic rings. The Morgan fingerprint density at radius 3 is 2.60 bits per heavy atom. The van der Waals surface area contributed by atoms with Gasteiger partial charge >= 0.3 is 0 Å². The number of nitrogens with one attached hydrogen (secondary N) is 1. The van der Waals surface area contributed by atoms with Crippen LogP contribution in [-0.4, -0.2) is 24.3 Å². The monoisotopic (exact) mass is 207 g/mol. The number of hydrogen-bond donors (Lipinski definition) is 2. The number of hydrogen-bond acceptors (Lipinski definition) is 3. The number of aliphatic hydroxyl groups excluding tert-OH is 1. The van der Waals surface area contributed by atoms with E-state index in [9.17, 15) is 0 Å². The fraction of sp³-hybridized carbons (Fsp3) is 0.500. The van der Waals surface area contributed by atoms with Gasteiger partial charge in [-0.3, -0.25) is 0 Å². The van der Waals surface area contributed by atoms with E-state index in [4.69, 9.17) is 9.84 Å². The summed E-state index contributed by atoms with van der Waals surface area (Å²) in [5.41, 5.74) is 2.11. The van der Waals surface area contributed by atoms with E-state index < -0.39 is 0 Å². The molecule has 0 aliphatic carbocycles. The summed E-state index contributed by atoms with van der Waals surface area (Å²) >= 11 is 0. The van der Waals surface area contributed by atoms with Gasteiger partial charge in [-0.05, 0) is 24.1 Å². The summed E-state index contributed by atoms with van der Waals surface area (Å²) < 4.78 is 5.74. The Hall–Kier alpha value is -0.900. The van der Waals surface area contributed by atoms with Crippen LogP contribution in [0.5, 0.6) is 0 Å². The van der Waals surface area contributed by atoms with Crippen molar-refractivity contribution in [2.75, 3.05) is 13.1 Å². The minimum Gasteiger partial charge on any atom is -0.392 e. The lowest BCUT2D eigenvalue weighted by Gasteiger charge is -2.10. The van der Waals surface area contributed by atoms with Crippen LogP contribution in [0.15, 0.2) is 24.3 Å². The normalized spacial score (nSPS) is 20.7. The van der Waals surface area contributed by atoms with E-state index in [-0.39, 0.29) is 6.61 Å². The van der Waals surface area contributed by atoms with Crippen LogP contribution in [-0.2, 0) is 18.0 Å². The number of ether oxygens (including phenoxy) is 1. The van der Waals surface area contributed by atoms with Crippen molar-refractivity contribution in [2.45, 2.75) is 25.7 Å². The third-order valence-electron chi connectivity index (χ3n) is 2.71. The predicted octanol–water partition coefficient (Wildman–Crippen LogP) is 1.06. The van der Waals surface area contributed by atoms with Crippen LogP contribution < -0.4 is 5.32 Å². The van der Waals surface area contributed by atoms with Crippen molar-refractivity contribution < 1.29 is 9.84 Å². The summed E-state index contributed by atoms with van der Waals surface area (Å²) in [7, 11) is 0. The molecule has 0 radical (unpaired) electrons. The Kier molecular flexibility index (Phi) is 3.72. The molecule has 2 rings (SSSR count). The molecule has 1 saturated heterocycles. The maximum atomic E-state index is 8.89. The van der Waals surface area contributed by atoms with E-state index in [1.165, 1.54) is 5.56 Å². The molecule has 82 valence electrons. The summed E-state index contributed by atoms with van der Waals surface area (Å²) in [5.74, 6) is 0. The summed E-state index contributed by atoms with van der Waals surface area (Å²) in [6.45, 7) is 2.80. The Balaban J connectivity index is 1.82. The molecule has 3 nitrogen and oxygen atoms in total. The van der Waals surface area contributed by atoms with Gasteiger partial charge < -0.3 is 15.2 Å². The maximum Gasteiger partial charge on any atom is 0.0721 e. The zero-order valence-electron chi connectivity index (χ0n) is 8.78. The molecule has 1 heterocycles. The fourth-order valence-corrected chi connectivity index (χ4v) is 1.73. The Labute approximate surface area is 90.1 Å². The van der Waals surface area contributed by atoms with Crippen molar-refractivity contribution in [1.29, 1.82) is 0 Å². The highest BCUT2D eigenvalue weighted by atomic mass is 16.5. The average Bonchev–Trinajstić information content (AvgIpc) is 2.80. The van der Waals surface area contributed by atoms with Crippen molar-refractivity contribution in [3.63, 3.8) is 0 Å². The van der Waals surface area contributed by atoms with E-state index in [0.717, 1.165) is 25.1 Å². The fourth-order valence-electron chi connectivity index (χ4n) is 1.73. The average molecular weight is 207 g/mol. The van der Waals surface area contributed by atoms with Crippen molar-refractivity contribution in [3.8, 4) is 0 Å². The summed E-state index contributed by atoms with van der Waals surface area (Å²) in [6, 6.07) is 7.89. The highest BCUT2D eigenvalue weighted by Crippen LogP contribution is 2.09. The van der Waals surface area contributed by atoms with Gasteiger partial charge in [-0.15, -0.1) is 0 Å². The van der Waals surface area contributed by atoms with Crippen molar-refractivity contribution >= 4 is 0 Å². The van der Waals surface area contributed by atoms with Gasteiger partial charge in [0.25, 0.3) is 0 Å². The zero-order chi connectivity index (χ0) is 10.5. The molecule has 0 bridgehead atoms.